The summed E-state index contributed by atoms with van der Waals surface area (Å²) in [5.74, 6) is 1.37. The van der Waals surface area contributed by atoms with E-state index in [1.165, 1.54) is 0 Å². The third kappa shape index (κ3) is 1.11. The molecule has 0 aliphatic carbocycles. The van der Waals surface area contributed by atoms with E-state index < -0.39 is 0 Å². The summed E-state index contributed by atoms with van der Waals surface area (Å²) in [6, 6.07) is 0. The molecule has 0 unspecified atom stereocenters. The Balaban J connectivity index is 2.43. The summed E-state index contributed by atoms with van der Waals surface area (Å²) in [5, 5.41) is 3.10. The molecule has 58 valence electrons. The van der Waals surface area contributed by atoms with Gasteiger partial charge in [0.05, 0.1) is 18.4 Å². The molecule has 0 radical (unpaired) electrons. The second-order valence-corrected chi connectivity index (χ2v) is 2.44. The SMILES string of the molecule is Cc1cnc2c(n1)NCCO2. The van der Waals surface area contributed by atoms with Crippen molar-refractivity contribution in [2.45, 2.75) is 6.92 Å². The molecule has 4 nitrogen and oxygen atoms in total. The van der Waals surface area contributed by atoms with Crippen molar-refractivity contribution in [2.75, 3.05) is 18.5 Å². The standard InChI is InChI=1S/C7H9N3O/c1-5-4-9-7-6(10-5)8-2-3-11-7/h4H,2-3H2,1H3,(H,8,10). The van der Waals surface area contributed by atoms with Gasteiger partial charge in [-0.2, -0.15) is 0 Å². The molecule has 1 aliphatic heterocycles. The highest BCUT2D eigenvalue weighted by Crippen LogP contribution is 2.20. The summed E-state index contributed by atoms with van der Waals surface area (Å²) in [5.41, 5.74) is 0.904. The summed E-state index contributed by atoms with van der Waals surface area (Å²) >= 11 is 0. The third-order valence-electron chi connectivity index (χ3n) is 1.49. The predicted octanol–water partition coefficient (Wildman–Crippen LogP) is 0.589. The summed E-state index contributed by atoms with van der Waals surface area (Å²) in [4.78, 5) is 8.29. The Bertz CT molecular complexity index is 274. The summed E-state index contributed by atoms with van der Waals surface area (Å²) in [6.45, 7) is 3.39. The highest BCUT2D eigenvalue weighted by atomic mass is 16.5. The zero-order chi connectivity index (χ0) is 7.68. The number of ether oxygens (including phenoxy) is 1. The molecule has 1 aromatic rings. The normalized spacial score (nSPS) is 14.6. The van der Waals surface area contributed by atoms with Gasteiger partial charge in [0.15, 0.2) is 5.82 Å². The van der Waals surface area contributed by atoms with Crippen LogP contribution in [0.3, 0.4) is 0 Å². The first-order chi connectivity index (χ1) is 5.36. The van der Waals surface area contributed by atoms with Gasteiger partial charge in [0.1, 0.15) is 6.61 Å². The van der Waals surface area contributed by atoms with Crippen LogP contribution in [0.4, 0.5) is 5.82 Å². The van der Waals surface area contributed by atoms with E-state index >= 15 is 0 Å². The van der Waals surface area contributed by atoms with Crippen LogP contribution in [-0.4, -0.2) is 23.1 Å². The Morgan fingerprint density at radius 2 is 2.55 bits per heavy atom. The molecule has 0 amide bonds. The quantitative estimate of drug-likeness (QED) is 0.589. The van der Waals surface area contributed by atoms with E-state index in [-0.39, 0.29) is 0 Å². The van der Waals surface area contributed by atoms with Crippen LogP contribution in [0, 0.1) is 6.92 Å². The van der Waals surface area contributed by atoms with Crippen molar-refractivity contribution in [3.63, 3.8) is 0 Å². The Labute approximate surface area is 64.6 Å². The van der Waals surface area contributed by atoms with Gasteiger partial charge >= 0.3 is 0 Å². The van der Waals surface area contributed by atoms with Crippen molar-refractivity contribution < 1.29 is 4.74 Å². The van der Waals surface area contributed by atoms with Crippen molar-refractivity contribution in [2.24, 2.45) is 0 Å². The Morgan fingerprint density at radius 3 is 3.45 bits per heavy atom. The molecule has 0 spiro atoms. The molecular weight excluding hydrogens is 142 g/mol. The van der Waals surface area contributed by atoms with Gasteiger partial charge in [0.25, 0.3) is 5.88 Å². The number of hydrogen-bond acceptors (Lipinski definition) is 4. The van der Waals surface area contributed by atoms with E-state index in [0.717, 1.165) is 18.1 Å². The zero-order valence-corrected chi connectivity index (χ0v) is 6.29. The molecule has 11 heavy (non-hydrogen) atoms. The molecule has 0 saturated carbocycles. The van der Waals surface area contributed by atoms with Crippen LogP contribution in [0.25, 0.3) is 0 Å². The van der Waals surface area contributed by atoms with E-state index in [0.29, 0.717) is 12.5 Å². The molecule has 1 N–H and O–H groups in total. The lowest BCUT2D eigenvalue weighted by atomic mass is 10.4. The summed E-state index contributed by atoms with van der Waals surface area (Å²) in [7, 11) is 0. The number of aromatic nitrogens is 2. The molecular formula is C7H9N3O. The molecule has 0 atom stereocenters. The number of fused-ring (bicyclic) bond motifs is 1. The van der Waals surface area contributed by atoms with Crippen LogP contribution < -0.4 is 10.1 Å². The van der Waals surface area contributed by atoms with Gasteiger partial charge in [0, 0.05) is 0 Å². The number of aryl methyl sites for hydroxylation is 1. The lowest BCUT2D eigenvalue weighted by Crippen LogP contribution is -2.20. The van der Waals surface area contributed by atoms with Crippen LogP contribution in [0.5, 0.6) is 5.88 Å². The number of nitrogens with zero attached hydrogens (tertiary/aromatic N) is 2. The molecule has 0 aromatic carbocycles. The fraction of sp³-hybridized carbons (Fsp3) is 0.429. The molecule has 0 saturated heterocycles. The second-order valence-electron chi connectivity index (χ2n) is 2.44. The highest BCUT2D eigenvalue weighted by Gasteiger charge is 2.11. The minimum atomic E-state index is 0.613. The molecule has 4 heteroatoms. The number of hydrogen-bond donors (Lipinski definition) is 1. The van der Waals surface area contributed by atoms with E-state index in [1.54, 1.807) is 6.20 Å². The summed E-state index contributed by atoms with van der Waals surface area (Å²) in [6.07, 6.45) is 1.70. The first-order valence-electron chi connectivity index (χ1n) is 3.56. The third-order valence-corrected chi connectivity index (χ3v) is 1.49. The minimum absolute atomic E-state index is 0.613. The molecule has 0 bridgehead atoms. The van der Waals surface area contributed by atoms with Crippen molar-refractivity contribution in [1.29, 1.82) is 0 Å². The first-order valence-corrected chi connectivity index (χ1v) is 3.56. The largest absolute Gasteiger partial charge is 0.473 e. The fourth-order valence-electron chi connectivity index (χ4n) is 1.00. The van der Waals surface area contributed by atoms with E-state index in [1.807, 2.05) is 6.92 Å². The highest BCUT2D eigenvalue weighted by molar-refractivity contribution is 5.46. The fourth-order valence-corrected chi connectivity index (χ4v) is 1.00. The maximum absolute atomic E-state index is 5.24. The first kappa shape index (κ1) is 6.39. The molecule has 2 rings (SSSR count). The van der Waals surface area contributed by atoms with Crippen LogP contribution >= 0.6 is 0 Å². The van der Waals surface area contributed by atoms with E-state index in [9.17, 15) is 0 Å². The minimum Gasteiger partial charge on any atom is -0.473 e. The maximum Gasteiger partial charge on any atom is 0.257 e. The molecule has 1 aromatic heterocycles. The van der Waals surface area contributed by atoms with Crippen molar-refractivity contribution in [3.8, 4) is 5.88 Å². The van der Waals surface area contributed by atoms with Gasteiger partial charge in [-0.1, -0.05) is 0 Å². The number of rotatable bonds is 0. The van der Waals surface area contributed by atoms with Crippen LogP contribution in [0.1, 0.15) is 5.69 Å². The van der Waals surface area contributed by atoms with Crippen molar-refractivity contribution in [3.05, 3.63) is 11.9 Å². The van der Waals surface area contributed by atoms with Gasteiger partial charge in [0.2, 0.25) is 0 Å². The lowest BCUT2D eigenvalue weighted by molar-refractivity contribution is 0.308. The van der Waals surface area contributed by atoms with Crippen LogP contribution in [0.15, 0.2) is 6.20 Å². The molecule has 2 heterocycles. The average Bonchev–Trinajstić information content (AvgIpc) is 2.04. The van der Waals surface area contributed by atoms with Gasteiger partial charge < -0.3 is 10.1 Å². The van der Waals surface area contributed by atoms with Crippen molar-refractivity contribution in [1.82, 2.24) is 9.97 Å². The van der Waals surface area contributed by atoms with Gasteiger partial charge in [-0.3, -0.25) is 0 Å². The average molecular weight is 151 g/mol. The molecule has 0 fully saturated rings. The molecule has 1 aliphatic rings. The van der Waals surface area contributed by atoms with E-state index in [4.69, 9.17) is 4.74 Å². The summed E-state index contributed by atoms with van der Waals surface area (Å²) < 4.78 is 5.24. The number of nitrogens with one attached hydrogen (secondary N) is 1. The van der Waals surface area contributed by atoms with Gasteiger partial charge in [-0.15, -0.1) is 0 Å². The maximum atomic E-state index is 5.24. The topological polar surface area (TPSA) is 47.0 Å². The lowest BCUT2D eigenvalue weighted by Gasteiger charge is -2.16. The predicted molar refractivity (Wildman–Crippen MR) is 40.8 cm³/mol. The van der Waals surface area contributed by atoms with E-state index in [2.05, 4.69) is 15.3 Å². The Hall–Kier alpha value is -1.32. The van der Waals surface area contributed by atoms with Gasteiger partial charge in [-0.05, 0) is 6.92 Å². The zero-order valence-electron chi connectivity index (χ0n) is 6.29. The Morgan fingerprint density at radius 1 is 1.64 bits per heavy atom. The monoisotopic (exact) mass is 151 g/mol. The Kier molecular flexibility index (Phi) is 1.38. The van der Waals surface area contributed by atoms with Crippen LogP contribution in [-0.2, 0) is 0 Å². The number of anilines is 1. The smallest absolute Gasteiger partial charge is 0.257 e. The van der Waals surface area contributed by atoms with Crippen LogP contribution in [0.2, 0.25) is 0 Å². The second kappa shape index (κ2) is 2.38. The van der Waals surface area contributed by atoms with Gasteiger partial charge in [-0.25, -0.2) is 9.97 Å². The van der Waals surface area contributed by atoms with Crippen molar-refractivity contribution >= 4 is 5.82 Å².